The zero-order valence-electron chi connectivity index (χ0n) is 14.4. The predicted octanol–water partition coefficient (Wildman–Crippen LogP) is 3.91. The predicted molar refractivity (Wildman–Crippen MR) is 89.5 cm³/mol. The maximum absolute atomic E-state index is 6.50. The Morgan fingerprint density at radius 3 is 2.05 bits per heavy atom. The van der Waals surface area contributed by atoms with Crippen molar-refractivity contribution in [3.63, 3.8) is 0 Å². The van der Waals surface area contributed by atoms with Crippen molar-refractivity contribution in [2.24, 2.45) is 17.6 Å². The maximum atomic E-state index is 6.50. The van der Waals surface area contributed by atoms with Gasteiger partial charge in [-0.1, -0.05) is 52.0 Å². The van der Waals surface area contributed by atoms with Crippen LogP contribution in [0.15, 0.2) is 24.3 Å². The second-order valence-corrected chi connectivity index (χ2v) is 7.80. The molecule has 1 aliphatic rings. The van der Waals surface area contributed by atoms with E-state index in [0.717, 1.165) is 6.42 Å². The molecule has 0 amide bonds. The number of rotatable bonds is 3. The molecule has 1 aromatic rings. The lowest BCUT2D eigenvalue weighted by Gasteiger charge is -2.26. The fourth-order valence-electron chi connectivity index (χ4n) is 3.58. The highest BCUT2D eigenvalue weighted by Gasteiger charge is 2.40. The van der Waals surface area contributed by atoms with E-state index in [-0.39, 0.29) is 17.6 Å². The molecular weight excluding hydrogens is 258 g/mol. The number of nitrogens with two attached hydrogens (primary N) is 1. The van der Waals surface area contributed by atoms with Gasteiger partial charge in [-0.15, -0.1) is 0 Å². The molecule has 2 heteroatoms. The summed E-state index contributed by atoms with van der Waals surface area (Å²) < 4.78 is 5.93. The molecule has 1 saturated heterocycles. The summed E-state index contributed by atoms with van der Waals surface area (Å²) in [4.78, 5) is 0. The molecule has 21 heavy (non-hydrogen) atoms. The van der Waals surface area contributed by atoms with Crippen LogP contribution in [0.2, 0.25) is 0 Å². The van der Waals surface area contributed by atoms with E-state index >= 15 is 0 Å². The minimum atomic E-state index is 0.167. The van der Waals surface area contributed by atoms with E-state index in [1.807, 2.05) is 0 Å². The molecule has 0 aromatic heterocycles. The van der Waals surface area contributed by atoms with Crippen LogP contribution in [0.25, 0.3) is 0 Å². The number of hydrogen-bond donors (Lipinski definition) is 1. The summed E-state index contributed by atoms with van der Waals surface area (Å²) in [6.07, 6.45) is 1.51. The van der Waals surface area contributed by atoms with Crippen LogP contribution < -0.4 is 5.73 Å². The molecule has 0 saturated carbocycles. The first-order valence-electron chi connectivity index (χ1n) is 8.20. The highest BCUT2D eigenvalue weighted by atomic mass is 16.5. The average Bonchev–Trinajstić information content (AvgIpc) is 2.62. The van der Waals surface area contributed by atoms with Crippen LogP contribution in [0.5, 0.6) is 0 Å². The Balaban J connectivity index is 2.04. The van der Waals surface area contributed by atoms with Gasteiger partial charge in [-0.3, -0.25) is 0 Å². The van der Waals surface area contributed by atoms with Gasteiger partial charge in [0.05, 0.1) is 12.2 Å². The summed E-state index contributed by atoms with van der Waals surface area (Å²) in [6, 6.07) is 9.11. The van der Waals surface area contributed by atoms with Gasteiger partial charge in [0, 0.05) is 12.0 Å². The van der Waals surface area contributed by atoms with Gasteiger partial charge >= 0.3 is 0 Å². The van der Waals surface area contributed by atoms with Crippen LogP contribution in [0.1, 0.15) is 52.7 Å². The quantitative estimate of drug-likeness (QED) is 0.915. The van der Waals surface area contributed by atoms with Crippen molar-refractivity contribution < 1.29 is 4.74 Å². The van der Waals surface area contributed by atoms with Crippen molar-refractivity contribution >= 4 is 0 Å². The number of ether oxygens (including phenoxy) is 1. The van der Waals surface area contributed by atoms with Crippen LogP contribution in [0.3, 0.4) is 0 Å². The summed E-state index contributed by atoms with van der Waals surface area (Å²) in [5.74, 6) is 0.978. The lowest BCUT2D eigenvalue weighted by atomic mass is 9.81. The summed E-state index contributed by atoms with van der Waals surface area (Å²) in [5.41, 5.74) is 9.41. The molecular formula is C19H31NO. The molecule has 1 aliphatic heterocycles. The lowest BCUT2D eigenvalue weighted by molar-refractivity contribution is 0.0490. The second kappa shape index (κ2) is 6.10. The van der Waals surface area contributed by atoms with Gasteiger partial charge in [-0.05, 0) is 42.7 Å². The monoisotopic (exact) mass is 289 g/mol. The summed E-state index contributed by atoms with van der Waals surface area (Å²) in [7, 11) is 0. The molecule has 1 heterocycles. The molecule has 0 radical (unpaired) electrons. The average molecular weight is 289 g/mol. The van der Waals surface area contributed by atoms with Crippen molar-refractivity contribution in [3.05, 3.63) is 35.4 Å². The first kappa shape index (κ1) is 16.5. The molecule has 5 atom stereocenters. The minimum Gasteiger partial charge on any atom is -0.375 e. The topological polar surface area (TPSA) is 35.2 Å². The fraction of sp³-hybridized carbons (Fsp3) is 0.684. The standard InChI is InChI=1S/C19H31NO/c1-12-13(2)21-14(3)18(12)17(20)11-15-7-9-16(10-8-15)19(4,5)6/h7-10,12-14,17-18H,11,20H2,1-6H3. The summed E-state index contributed by atoms with van der Waals surface area (Å²) in [5, 5.41) is 0. The van der Waals surface area contributed by atoms with Crippen LogP contribution in [0, 0.1) is 11.8 Å². The smallest absolute Gasteiger partial charge is 0.0597 e. The zero-order valence-corrected chi connectivity index (χ0v) is 14.4. The van der Waals surface area contributed by atoms with Crippen molar-refractivity contribution in [1.82, 2.24) is 0 Å². The maximum Gasteiger partial charge on any atom is 0.0597 e. The molecule has 1 fully saturated rings. The molecule has 0 spiro atoms. The van der Waals surface area contributed by atoms with Crippen LogP contribution in [-0.2, 0) is 16.6 Å². The van der Waals surface area contributed by atoms with E-state index < -0.39 is 0 Å². The molecule has 2 rings (SSSR count). The zero-order chi connectivity index (χ0) is 15.8. The number of benzene rings is 1. The van der Waals surface area contributed by atoms with Gasteiger partial charge < -0.3 is 10.5 Å². The van der Waals surface area contributed by atoms with Crippen molar-refractivity contribution in [1.29, 1.82) is 0 Å². The van der Waals surface area contributed by atoms with Crippen LogP contribution in [-0.4, -0.2) is 18.2 Å². The Kier molecular flexibility index (Phi) is 4.79. The van der Waals surface area contributed by atoms with E-state index in [9.17, 15) is 0 Å². The molecule has 0 bridgehead atoms. The Bertz CT molecular complexity index is 459. The summed E-state index contributed by atoms with van der Waals surface area (Å²) in [6.45, 7) is 13.3. The largest absolute Gasteiger partial charge is 0.375 e. The van der Waals surface area contributed by atoms with Crippen LogP contribution in [0.4, 0.5) is 0 Å². The highest BCUT2D eigenvalue weighted by Crippen LogP contribution is 2.34. The molecule has 5 unspecified atom stereocenters. The lowest BCUT2D eigenvalue weighted by Crippen LogP contribution is -2.39. The van der Waals surface area contributed by atoms with E-state index in [1.165, 1.54) is 11.1 Å². The van der Waals surface area contributed by atoms with E-state index in [1.54, 1.807) is 0 Å². The van der Waals surface area contributed by atoms with Gasteiger partial charge in [-0.25, -0.2) is 0 Å². The van der Waals surface area contributed by atoms with E-state index in [4.69, 9.17) is 10.5 Å². The van der Waals surface area contributed by atoms with E-state index in [2.05, 4.69) is 65.8 Å². The minimum absolute atomic E-state index is 0.167. The van der Waals surface area contributed by atoms with Crippen molar-refractivity contribution in [3.8, 4) is 0 Å². The third-order valence-electron chi connectivity index (χ3n) is 5.10. The van der Waals surface area contributed by atoms with Gasteiger partial charge in [0.15, 0.2) is 0 Å². The first-order valence-corrected chi connectivity index (χ1v) is 8.20. The Morgan fingerprint density at radius 1 is 1.05 bits per heavy atom. The van der Waals surface area contributed by atoms with Crippen molar-refractivity contribution in [2.75, 3.05) is 0 Å². The normalized spacial score (nSPS) is 31.4. The third kappa shape index (κ3) is 3.67. The van der Waals surface area contributed by atoms with Crippen LogP contribution >= 0.6 is 0 Å². The second-order valence-electron chi connectivity index (χ2n) is 7.80. The molecule has 2 nitrogen and oxygen atoms in total. The van der Waals surface area contributed by atoms with Crippen molar-refractivity contribution in [2.45, 2.75) is 71.6 Å². The Labute approximate surface area is 130 Å². The highest BCUT2D eigenvalue weighted by molar-refractivity contribution is 5.28. The molecule has 1 aromatic carbocycles. The Hall–Kier alpha value is -0.860. The first-order chi connectivity index (χ1) is 9.70. The third-order valence-corrected chi connectivity index (χ3v) is 5.10. The summed E-state index contributed by atoms with van der Waals surface area (Å²) >= 11 is 0. The van der Waals surface area contributed by atoms with Gasteiger partial charge in [0.25, 0.3) is 0 Å². The molecule has 0 aliphatic carbocycles. The van der Waals surface area contributed by atoms with Gasteiger partial charge in [0.2, 0.25) is 0 Å². The number of hydrogen-bond acceptors (Lipinski definition) is 2. The fourth-order valence-corrected chi connectivity index (χ4v) is 3.58. The van der Waals surface area contributed by atoms with Gasteiger partial charge in [-0.2, -0.15) is 0 Å². The Morgan fingerprint density at radius 2 is 1.62 bits per heavy atom. The molecule has 2 N–H and O–H groups in total. The molecule has 118 valence electrons. The SMILES string of the molecule is CC1OC(C)C(C(N)Cc2ccc(C(C)(C)C)cc2)C1C. The van der Waals surface area contributed by atoms with Gasteiger partial charge in [0.1, 0.15) is 0 Å². The van der Waals surface area contributed by atoms with E-state index in [0.29, 0.717) is 17.9 Å².